The molecule has 0 saturated heterocycles. The molecule has 0 spiro atoms. The topological polar surface area (TPSA) is 17.8 Å². The largest absolute Gasteiger partial charge is 0.272 e. The Morgan fingerprint density at radius 3 is 2.43 bits per heavy atom. The molecular formula is C11H19BrN2. The van der Waals surface area contributed by atoms with Gasteiger partial charge in [-0.15, -0.1) is 0 Å². The molecule has 1 rings (SSSR count). The molecule has 0 amide bonds. The molecule has 0 fully saturated rings. The lowest BCUT2D eigenvalue weighted by Gasteiger charge is -2.13. The first-order valence-corrected chi connectivity index (χ1v) is 6.08. The maximum absolute atomic E-state index is 4.55. The van der Waals surface area contributed by atoms with Gasteiger partial charge in [-0.1, -0.05) is 43.6 Å². The molecule has 14 heavy (non-hydrogen) atoms. The van der Waals surface area contributed by atoms with Crippen molar-refractivity contribution in [3.63, 3.8) is 0 Å². The lowest BCUT2D eigenvalue weighted by atomic mass is 9.92. The Bertz CT molecular complexity index is 310. The first-order chi connectivity index (χ1) is 6.36. The van der Waals surface area contributed by atoms with Crippen LogP contribution in [0.15, 0.2) is 6.07 Å². The summed E-state index contributed by atoms with van der Waals surface area (Å²) in [6, 6.07) is 2.21. The molecule has 3 heteroatoms. The lowest BCUT2D eigenvalue weighted by Crippen LogP contribution is -2.12. The molecule has 1 unspecified atom stereocenters. The highest BCUT2D eigenvalue weighted by Gasteiger charge is 2.20. The summed E-state index contributed by atoms with van der Waals surface area (Å²) in [5.41, 5.74) is 2.61. The second-order valence-corrected chi connectivity index (χ2v) is 5.53. The molecule has 1 atom stereocenters. The van der Waals surface area contributed by atoms with Crippen LogP contribution in [-0.2, 0) is 12.5 Å². The van der Waals surface area contributed by atoms with E-state index in [4.69, 9.17) is 0 Å². The molecule has 1 aromatic rings. The maximum Gasteiger partial charge on any atom is 0.0680 e. The smallest absolute Gasteiger partial charge is 0.0680 e. The molecule has 0 aromatic carbocycles. The number of nitrogens with zero attached hydrogens (tertiary/aromatic N) is 2. The molecule has 1 heterocycles. The Labute approximate surface area is 94.8 Å². The van der Waals surface area contributed by atoms with Crippen LogP contribution >= 0.6 is 15.9 Å². The van der Waals surface area contributed by atoms with Crippen molar-refractivity contribution in [2.45, 2.75) is 39.0 Å². The molecule has 0 aliphatic rings. The highest BCUT2D eigenvalue weighted by Crippen LogP contribution is 2.25. The van der Waals surface area contributed by atoms with E-state index in [1.54, 1.807) is 0 Å². The highest BCUT2D eigenvalue weighted by atomic mass is 79.9. The van der Waals surface area contributed by atoms with Crippen LogP contribution in [-0.4, -0.2) is 15.1 Å². The van der Waals surface area contributed by atoms with Crippen molar-refractivity contribution in [3.05, 3.63) is 17.5 Å². The van der Waals surface area contributed by atoms with E-state index in [0.29, 0.717) is 5.92 Å². The van der Waals surface area contributed by atoms with Crippen molar-refractivity contribution in [2.75, 3.05) is 5.33 Å². The quantitative estimate of drug-likeness (QED) is 0.746. The van der Waals surface area contributed by atoms with Gasteiger partial charge < -0.3 is 0 Å². The first kappa shape index (κ1) is 11.8. The van der Waals surface area contributed by atoms with E-state index in [2.05, 4.69) is 54.8 Å². The fourth-order valence-corrected chi connectivity index (χ4v) is 1.72. The summed E-state index contributed by atoms with van der Waals surface area (Å²) in [5.74, 6) is 0.517. The highest BCUT2D eigenvalue weighted by molar-refractivity contribution is 9.09. The zero-order valence-electron chi connectivity index (χ0n) is 9.63. The van der Waals surface area contributed by atoms with Gasteiger partial charge in [-0.3, -0.25) is 4.68 Å². The van der Waals surface area contributed by atoms with E-state index in [1.807, 2.05) is 11.7 Å². The summed E-state index contributed by atoms with van der Waals surface area (Å²) >= 11 is 3.50. The molecule has 0 aliphatic carbocycles. The van der Waals surface area contributed by atoms with Gasteiger partial charge in [0.25, 0.3) is 0 Å². The van der Waals surface area contributed by atoms with Gasteiger partial charge in [0.15, 0.2) is 0 Å². The average Bonchev–Trinajstić information content (AvgIpc) is 2.45. The van der Waals surface area contributed by atoms with E-state index < -0.39 is 0 Å². The first-order valence-electron chi connectivity index (χ1n) is 4.96. The second-order valence-electron chi connectivity index (χ2n) is 4.88. The van der Waals surface area contributed by atoms with Crippen molar-refractivity contribution >= 4 is 15.9 Å². The van der Waals surface area contributed by atoms with Crippen molar-refractivity contribution in [2.24, 2.45) is 7.05 Å². The molecule has 0 bridgehead atoms. The summed E-state index contributed by atoms with van der Waals surface area (Å²) < 4.78 is 1.99. The van der Waals surface area contributed by atoms with Gasteiger partial charge in [0.2, 0.25) is 0 Å². The fourth-order valence-electron chi connectivity index (χ4n) is 1.39. The number of aryl methyl sites for hydroxylation is 1. The number of rotatable bonds is 2. The monoisotopic (exact) mass is 258 g/mol. The maximum atomic E-state index is 4.55. The molecule has 80 valence electrons. The number of hydrogen-bond donors (Lipinski definition) is 0. The standard InChI is InChI=1S/C11H19BrN2/c1-8(7-12)9-6-10(11(2,3)4)13-14(9)5/h6,8H,7H2,1-5H3. The summed E-state index contributed by atoms with van der Waals surface area (Å²) in [5, 5.41) is 5.53. The van der Waals surface area contributed by atoms with Crippen LogP contribution in [0.3, 0.4) is 0 Å². The van der Waals surface area contributed by atoms with Crippen molar-refractivity contribution < 1.29 is 0 Å². The molecule has 0 radical (unpaired) electrons. The van der Waals surface area contributed by atoms with Gasteiger partial charge in [0, 0.05) is 29.4 Å². The Morgan fingerprint density at radius 1 is 1.50 bits per heavy atom. The van der Waals surface area contributed by atoms with Crippen molar-refractivity contribution in [3.8, 4) is 0 Å². The number of alkyl halides is 1. The van der Waals surface area contributed by atoms with Crippen LogP contribution in [0.25, 0.3) is 0 Å². The minimum absolute atomic E-state index is 0.141. The zero-order chi connectivity index (χ0) is 10.9. The van der Waals surface area contributed by atoms with Crippen LogP contribution in [0.2, 0.25) is 0 Å². The van der Waals surface area contributed by atoms with Crippen LogP contribution < -0.4 is 0 Å². The van der Waals surface area contributed by atoms with E-state index in [0.717, 1.165) is 5.33 Å². The molecular weight excluding hydrogens is 240 g/mol. The Kier molecular flexibility index (Phi) is 3.40. The Hall–Kier alpha value is -0.310. The van der Waals surface area contributed by atoms with Crippen LogP contribution in [0, 0.1) is 0 Å². The summed E-state index contributed by atoms with van der Waals surface area (Å²) in [7, 11) is 2.02. The molecule has 0 saturated carbocycles. The van der Waals surface area contributed by atoms with E-state index in [1.165, 1.54) is 11.4 Å². The van der Waals surface area contributed by atoms with Gasteiger partial charge in [-0.05, 0) is 6.07 Å². The second kappa shape index (κ2) is 4.05. The Balaban J connectivity index is 3.05. The van der Waals surface area contributed by atoms with Gasteiger partial charge in [0.05, 0.1) is 5.69 Å². The van der Waals surface area contributed by atoms with E-state index in [-0.39, 0.29) is 5.41 Å². The van der Waals surface area contributed by atoms with E-state index >= 15 is 0 Å². The van der Waals surface area contributed by atoms with Crippen molar-refractivity contribution in [1.82, 2.24) is 9.78 Å². The molecule has 0 aliphatic heterocycles. The number of aromatic nitrogens is 2. The Morgan fingerprint density at radius 2 is 2.07 bits per heavy atom. The van der Waals surface area contributed by atoms with Gasteiger partial charge >= 0.3 is 0 Å². The predicted octanol–water partition coefficient (Wildman–Crippen LogP) is 3.22. The van der Waals surface area contributed by atoms with Gasteiger partial charge in [-0.2, -0.15) is 5.10 Å². The molecule has 2 nitrogen and oxygen atoms in total. The van der Waals surface area contributed by atoms with Crippen molar-refractivity contribution in [1.29, 1.82) is 0 Å². The lowest BCUT2D eigenvalue weighted by molar-refractivity contribution is 0.550. The zero-order valence-corrected chi connectivity index (χ0v) is 11.2. The predicted molar refractivity (Wildman–Crippen MR) is 64.1 cm³/mol. The average molecular weight is 259 g/mol. The third-order valence-corrected chi connectivity index (χ3v) is 3.39. The summed E-state index contributed by atoms with van der Waals surface area (Å²) in [4.78, 5) is 0. The minimum atomic E-state index is 0.141. The molecule has 1 aromatic heterocycles. The van der Waals surface area contributed by atoms with Gasteiger partial charge in [-0.25, -0.2) is 0 Å². The summed E-state index contributed by atoms with van der Waals surface area (Å²) in [6.45, 7) is 8.78. The normalized spacial score (nSPS) is 14.4. The molecule has 0 N–H and O–H groups in total. The summed E-state index contributed by atoms with van der Waals surface area (Å²) in [6.07, 6.45) is 0. The number of hydrogen-bond acceptors (Lipinski definition) is 1. The van der Waals surface area contributed by atoms with Crippen LogP contribution in [0.1, 0.15) is 45.0 Å². The third-order valence-electron chi connectivity index (χ3n) is 2.42. The SMILES string of the molecule is CC(CBr)c1cc(C(C)(C)C)nn1C. The van der Waals surface area contributed by atoms with Gasteiger partial charge in [0.1, 0.15) is 0 Å². The van der Waals surface area contributed by atoms with Crippen LogP contribution in [0.4, 0.5) is 0 Å². The number of halogens is 1. The van der Waals surface area contributed by atoms with E-state index in [9.17, 15) is 0 Å². The fraction of sp³-hybridized carbons (Fsp3) is 0.727. The third kappa shape index (κ3) is 2.38. The van der Waals surface area contributed by atoms with Crippen LogP contribution in [0.5, 0.6) is 0 Å². The minimum Gasteiger partial charge on any atom is -0.272 e.